The van der Waals surface area contributed by atoms with E-state index in [0.717, 1.165) is 0 Å². The molecule has 0 saturated heterocycles. The summed E-state index contributed by atoms with van der Waals surface area (Å²) >= 11 is 0. The molecule has 13 heavy (non-hydrogen) atoms. The molecular weight excluding hydrogens is 180 g/mol. The van der Waals surface area contributed by atoms with E-state index in [9.17, 15) is 13.6 Å². The maximum absolute atomic E-state index is 11.7. The van der Waals surface area contributed by atoms with Crippen LogP contribution in [0.3, 0.4) is 0 Å². The van der Waals surface area contributed by atoms with Gasteiger partial charge in [0.2, 0.25) is 5.88 Å². The summed E-state index contributed by atoms with van der Waals surface area (Å²) < 4.78 is 27.4. The molecule has 0 spiro atoms. The van der Waals surface area contributed by atoms with Gasteiger partial charge in [0.05, 0.1) is 0 Å². The molecule has 0 aromatic carbocycles. The van der Waals surface area contributed by atoms with Crippen LogP contribution in [0.2, 0.25) is 0 Å². The number of carbonyl (C=O) groups is 1. The molecule has 0 fully saturated rings. The zero-order chi connectivity index (χ0) is 9.84. The normalized spacial score (nSPS) is 10.2. The number of carbonyl (C=O) groups excluding carboxylic acids is 1. The molecule has 5 heteroatoms. The van der Waals surface area contributed by atoms with E-state index in [2.05, 4.69) is 9.72 Å². The van der Waals surface area contributed by atoms with Crippen molar-refractivity contribution in [2.75, 3.05) is 0 Å². The van der Waals surface area contributed by atoms with Crippen molar-refractivity contribution in [3.8, 4) is 5.88 Å². The molecule has 0 saturated carbocycles. The summed E-state index contributed by atoms with van der Waals surface area (Å²) in [6.45, 7) is -1.28. The zero-order valence-corrected chi connectivity index (χ0v) is 6.83. The maximum Gasteiger partial charge on any atom is 0.388 e. The number of ether oxygens (including phenoxy) is 1. The molecule has 0 aliphatic rings. The van der Waals surface area contributed by atoms with Crippen molar-refractivity contribution >= 4 is 6.29 Å². The number of rotatable bonds is 3. The standard InChI is InChI=1S/C8H7F2NO2/c1-5-2-7(13-8(9)10)11-3-6(5)4-12/h2-4,8H,1H3. The minimum Gasteiger partial charge on any atom is -0.417 e. The molecule has 0 aliphatic carbocycles. The van der Waals surface area contributed by atoms with Crippen LogP contribution in [0, 0.1) is 6.92 Å². The molecule has 1 aromatic heterocycles. The Morgan fingerprint density at radius 2 is 2.31 bits per heavy atom. The fourth-order valence-corrected chi connectivity index (χ4v) is 0.820. The maximum atomic E-state index is 11.7. The highest BCUT2D eigenvalue weighted by atomic mass is 19.3. The van der Waals surface area contributed by atoms with Crippen LogP contribution >= 0.6 is 0 Å². The lowest BCUT2D eigenvalue weighted by Gasteiger charge is -2.04. The molecule has 0 radical (unpaired) electrons. The van der Waals surface area contributed by atoms with E-state index in [0.29, 0.717) is 17.4 Å². The molecule has 70 valence electrons. The lowest BCUT2D eigenvalue weighted by molar-refractivity contribution is -0.0528. The van der Waals surface area contributed by atoms with Gasteiger partial charge in [0.15, 0.2) is 6.29 Å². The van der Waals surface area contributed by atoms with Crippen molar-refractivity contribution in [2.24, 2.45) is 0 Å². The number of hydrogen-bond donors (Lipinski definition) is 0. The third kappa shape index (κ3) is 2.47. The van der Waals surface area contributed by atoms with Crippen molar-refractivity contribution in [1.29, 1.82) is 0 Å². The minimum atomic E-state index is -2.89. The van der Waals surface area contributed by atoms with Gasteiger partial charge in [-0.15, -0.1) is 0 Å². The van der Waals surface area contributed by atoms with Crippen LogP contribution in [0.5, 0.6) is 5.88 Å². The summed E-state index contributed by atoms with van der Waals surface area (Å²) in [5.74, 6) is -0.182. The van der Waals surface area contributed by atoms with Gasteiger partial charge in [0.1, 0.15) is 0 Å². The van der Waals surface area contributed by atoms with E-state index in [-0.39, 0.29) is 5.88 Å². The van der Waals surface area contributed by atoms with Crippen LogP contribution in [0.25, 0.3) is 0 Å². The third-order valence-corrected chi connectivity index (χ3v) is 1.46. The molecule has 1 heterocycles. The Labute approximate surface area is 73.4 Å². The van der Waals surface area contributed by atoms with Gasteiger partial charge in [0.25, 0.3) is 0 Å². The molecule has 3 nitrogen and oxygen atoms in total. The van der Waals surface area contributed by atoms with Gasteiger partial charge >= 0.3 is 6.61 Å². The minimum absolute atomic E-state index is 0.182. The van der Waals surface area contributed by atoms with Gasteiger partial charge in [-0.1, -0.05) is 0 Å². The average molecular weight is 187 g/mol. The Bertz CT molecular complexity index is 315. The first-order valence-electron chi connectivity index (χ1n) is 3.50. The van der Waals surface area contributed by atoms with E-state index in [1.165, 1.54) is 12.3 Å². The summed E-state index contributed by atoms with van der Waals surface area (Å²) in [5.41, 5.74) is 0.919. The van der Waals surface area contributed by atoms with Gasteiger partial charge in [0, 0.05) is 17.8 Å². The summed E-state index contributed by atoms with van der Waals surface area (Å²) in [7, 11) is 0. The molecule has 0 bridgehead atoms. The number of pyridine rings is 1. The van der Waals surface area contributed by atoms with Gasteiger partial charge in [-0.3, -0.25) is 4.79 Å². The quantitative estimate of drug-likeness (QED) is 0.677. The number of halogens is 2. The number of nitrogens with zero attached hydrogens (tertiary/aromatic N) is 1. The molecule has 1 aromatic rings. The number of aldehydes is 1. The zero-order valence-electron chi connectivity index (χ0n) is 6.83. The topological polar surface area (TPSA) is 39.2 Å². The second kappa shape index (κ2) is 3.93. The Balaban J connectivity index is 2.89. The summed E-state index contributed by atoms with van der Waals surface area (Å²) in [4.78, 5) is 13.8. The van der Waals surface area contributed by atoms with Crippen molar-refractivity contribution in [2.45, 2.75) is 13.5 Å². The molecule has 0 aliphatic heterocycles. The van der Waals surface area contributed by atoms with E-state index >= 15 is 0 Å². The highest BCUT2D eigenvalue weighted by Crippen LogP contribution is 2.14. The van der Waals surface area contributed by atoms with Crippen LogP contribution in [-0.4, -0.2) is 17.9 Å². The number of alkyl halides is 2. The summed E-state index contributed by atoms with van der Waals surface area (Å²) in [6, 6.07) is 1.29. The van der Waals surface area contributed by atoms with E-state index < -0.39 is 6.61 Å². The Hall–Kier alpha value is -1.52. The van der Waals surface area contributed by atoms with Gasteiger partial charge in [-0.2, -0.15) is 8.78 Å². The average Bonchev–Trinajstić information content (AvgIpc) is 2.03. The monoisotopic (exact) mass is 187 g/mol. The second-order valence-corrected chi connectivity index (χ2v) is 2.38. The lowest BCUT2D eigenvalue weighted by Crippen LogP contribution is -2.04. The Morgan fingerprint density at radius 1 is 1.62 bits per heavy atom. The third-order valence-electron chi connectivity index (χ3n) is 1.46. The molecule has 0 N–H and O–H groups in total. The first-order valence-corrected chi connectivity index (χ1v) is 3.50. The van der Waals surface area contributed by atoms with Crippen molar-refractivity contribution in [3.63, 3.8) is 0 Å². The van der Waals surface area contributed by atoms with E-state index in [1.807, 2.05) is 0 Å². The predicted octanol–water partition coefficient (Wildman–Crippen LogP) is 1.80. The van der Waals surface area contributed by atoms with Gasteiger partial charge in [-0.25, -0.2) is 4.98 Å². The highest BCUT2D eigenvalue weighted by molar-refractivity contribution is 5.76. The van der Waals surface area contributed by atoms with Crippen molar-refractivity contribution in [1.82, 2.24) is 4.98 Å². The highest BCUT2D eigenvalue weighted by Gasteiger charge is 2.06. The molecule has 0 unspecified atom stereocenters. The van der Waals surface area contributed by atoms with Crippen LogP contribution in [-0.2, 0) is 0 Å². The Kier molecular flexibility index (Phi) is 2.89. The van der Waals surface area contributed by atoms with E-state index in [4.69, 9.17) is 0 Å². The number of aromatic nitrogens is 1. The van der Waals surface area contributed by atoms with Crippen LogP contribution in [0.15, 0.2) is 12.3 Å². The predicted molar refractivity (Wildman–Crippen MR) is 41.0 cm³/mol. The van der Waals surface area contributed by atoms with Gasteiger partial charge < -0.3 is 4.74 Å². The second-order valence-electron chi connectivity index (χ2n) is 2.38. The number of hydrogen-bond acceptors (Lipinski definition) is 3. The Morgan fingerprint density at radius 3 is 2.77 bits per heavy atom. The largest absolute Gasteiger partial charge is 0.417 e. The lowest BCUT2D eigenvalue weighted by atomic mass is 10.2. The first kappa shape index (κ1) is 9.57. The smallest absolute Gasteiger partial charge is 0.388 e. The summed E-state index contributed by atoms with van der Waals surface area (Å²) in [5, 5.41) is 0. The molecule has 0 amide bonds. The summed E-state index contributed by atoms with van der Waals surface area (Å²) in [6.07, 6.45) is 1.80. The molecule has 0 atom stereocenters. The fraction of sp³-hybridized carbons (Fsp3) is 0.250. The van der Waals surface area contributed by atoms with Crippen LogP contribution in [0.1, 0.15) is 15.9 Å². The first-order chi connectivity index (χ1) is 6.13. The van der Waals surface area contributed by atoms with Crippen molar-refractivity contribution in [3.05, 3.63) is 23.4 Å². The van der Waals surface area contributed by atoms with Crippen LogP contribution < -0.4 is 4.74 Å². The fourth-order valence-electron chi connectivity index (χ4n) is 0.820. The van der Waals surface area contributed by atoms with E-state index in [1.54, 1.807) is 6.92 Å². The molecule has 1 rings (SSSR count). The van der Waals surface area contributed by atoms with Crippen LogP contribution in [0.4, 0.5) is 8.78 Å². The molecular formula is C8H7F2NO2. The number of aryl methyl sites for hydroxylation is 1. The SMILES string of the molecule is Cc1cc(OC(F)F)ncc1C=O. The van der Waals surface area contributed by atoms with Crippen molar-refractivity contribution < 1.29 is 18.3 Å². The van der Waals surface area contributed by atoms with Gasteiger partial charge in [-0.05, 0) is 12.5 Å².